The summed E-state index contributed by atoms with van der Waals surface area (Å²) in [7, 11) is 2.30. The number of hydrogen-bond donors (Lipinski definition) is 1. The zero-order chi connectivity index (χ0) is 13.2. The zero-order valence-electron chi connectivity index (χ0n) is 12.5. The number of rotatable bonds is 5. The van der Waals surface area contributed by atoms with Gasteiger partial charge in [0.1, 0.15) is 0 Å². The second-order valence-corrected chi connectivity index (χ2v) is 6.74. The highest BCUT2D eigenvalue weighted by Crippen LogP contribution is 2.34. The molecule has 1 heterocycles. The Morgan fingerprint density at radius 3 is 2.56 bits per heavy atom. The van der Waals surface area contributed by atoms with Crippen molar-refractivity contribution < 1.29 is 0 Å². The molecule has 2 aliphatic rings. The molecule has 1 aliphatic carbocycles. The van der Waals surface area contributed by atoms with Crippen LogP contribution in [0.3, 0.4) is 0 Å². The van der Waals surface area contributed by atoms with Gasteiger partial charge in [-0.2, -0.15) is 0 Å². The summed E-state index contributed by atoms with van der Waals surface area (Å²) in [6.45, 7) is 9.16. The smallest absolute Gasteiger partial charge is 0.0341 e. The quantitative estimate of drug-likeness (QED) is 0.812. The lowest BCUT2D eigenvalue weighted by Gasteiger charge is -2.41. The molecule has 2 rings (SSSR count). The molecular formula is C15H31N3. The fourth-order valence-electron chi connectivity index (χ4n) is 3.34. The monoisotopic (exact) mass is 253 g/mol. The van der Waals surface area contributed by atoms with Crippen molar-refractivity contribution in [1.29, 1.82) is 0 Å². The fraction of sp³-hybridized carbons (Fsp3) is 1.00. The van der Waals surface area contributed by atoms with E-state index in [2.05, 4.69) is 30.7 Å². The van der Waals surface area contributed by atoms with E-state index >= 15 is 0 Å². The first kappa shape index (κ1) is 14.3. The van der Waals surface area contributed by atoms with Crippen LogP contribution in [0.25, 0.3) is 0 Å². The Morgan fingerprint density at radius 2 is 2.00 bits per heavy atom. The lowest BCUT2D eigenvalue weighted by atomic mass is 9.88. The number of likely N-dealkylation sites (N-methyl/N-ethyl adjacent to an activating group) is 1. The van der Waals surface area contributed by atoms with Crippen molar-refractivity contribution in [2.24, 2.45) is 11.7 Å². The van der Waals surface area contributed by atoms with E-state index in [0.29, 0.717) is 6.04 Å². The van der Waals surface area contributed by atoms with Crippen molar-refractivity contribution in [3.05, 3.63) is 0 Å². The molecule has 0 aromatic rings. The zero-order valence-corrected chi connectivity index (χ0v) is 12.5. The first-order valence-corrected chi connectivity index (χ1v) is 7.73. The van der Waals surface area contributed by atoms with E-state index in [1.807, 2.05) is 0 Å². The summed E-state index contributed by atoms with van der Waals surface area (Å²) in [6.07, 6.45) is 6.68. The molecule has 2 fully saturated rings. The lowest BCUT2D eigenvalue weighted by molar-refractivity contribution is 0.0997. The van der Waals surface area contributed by atoms with Crippen molar-refractivity contribution >= 4 is 0 Å². The predicted octanol–water partition coefficient (Wildman–Crippen LogP) is 1.92. The molecule has 0 amide bonds. The van der Waals surface area contributed by atoms with E-state index in [1.165, 1.54) is 51.7 Å². The van der Waals surface area contributed by atoms with Gasteiger partial charge in [0, 0.05) is 31.2 Å². The molecule has 1 unspecified atom stereocenters. The van der Waals surface area contributed by atoms with E-state index < -0.39 is 0 Å². The van der Waals surface area contributed by atoms with Crippen LogP contribution in [0.15, 0.2) is 0 Å². The third-order valence-corrected chi connectivity index (χ3v) is 5.10. The molecule has 0 spiro atoms. The number of nitrogens with two attached hydrogens (primary N) is 1. The molecule has 3 nitrogen and oxygen atoms in total. The van der Waals surface area contributed by atoms with Gasteiger partial charge in [0.05, 0.1) is 0 Å². The highest BCUT2D eigenvalue weighted by atomic mass is 15.2. The fourth-order valence-corrected chi connectivity index (χ4v) is 3.34. The highest BCUT2D eigenvalue weighted by Gasteiger charge is 2.37. The molecule has 0 bridgehead atoms. The molecular weight excluding hydrogens is 222 g/mol. The maximum atomic E-state index is 6.17. The van der Waals surface area contributed by atoms with Crippen molar-refractivity contribution in [2.45, 2.75) is 57.5 Å². The Labute approximate surface area is 113 Å². The Kier molecular flexibility index (Phi) is 4.68. The summed E-state index contributed by atoms with van der Waals surface area (Å²) in [6, 6.07) is 0.673. The second-order valence-electron chi connectivity index (χ2n) is 6.74. The third kappa shape index (κ3) is 3.25. The molecule has 1 saturated carbocycles. The molecule has 3 heteroatoms. The van der Waals surface area contributed by atoms with Gasteiger partial charge < -0.3 is 10.6 Å². The Morgan fingerprint density at radius 1 is 1.28 bits per heavy atom. The topological polar surface area (TPSA) is 32.5 Å². The lowest BCUT2D eigenvalue weighted by Crippen LogP contribution is -2.53. The first-order chi connectivity index (χ1) is 8.57. The minimum absolute atomic E-state index is 0.270. The summed E-state index contributed by atoms with van der Waals surface area (Å²) in [5.41, 5.74) is 6.44. The summed E-state index contributed by atoms with van der Waals surface area (Å²) < 4.78 is 0. The van der Waals surface area contributed by atoms with Crippen molar-refractivity contribution in [2.75, 3.05) is 33.2 Å². The Bertz CT molecular complexity index is 262. The normalized spacial score (nSPS) is 31.0. The van der Waals surface area contributed by atoms with Crippen LogP contribution in [0.4, 0.5) is 0 Å². The molecule has 0 radical (unpaired) electrons. The van der Waals surface area contributed by atoms with Gasteiger partial charge in [-0.3, -0.25) is 4.90 Å². The molecule has 1 aliphatic heterocycles. The number of likely N-dealkylation sites (tertiary alicyclic amines) is 1. The van der Waals surface area contributed by atoms with Crippen LogP contribution in [-0.2, 0) is 0 Å². The number of nitrogens with zero attached hydrogens (tertiary/aromatic N) is 2. The molecule has 18 heavy (non-hydrogen) atoms. The van der Waals surface area contributed by atoms with Crippen LogP contribution in [0.1, 0.15) is 46.0 Å². The maximum absolute atomic E-state index is 6.17. The second kappa shape index (κ2) is 5.89. The first-order valence-electron chi connectivity index (χ1n) is 7.73. The van der Waals surface area contributed by atoms with E-state index in [1.54, 1.807) is 0 Å². The Hall–Kier alpha value is -0.120. The molecule has 0 aromatic carbocycles. The van der Waals surface area contributed by atoms with Crippen LogP contribution in [0.2, 0.25) is 0 Å². The maximum Gasteiger partial charge on any atom is 0.0341 e. The SMILES string of the molecule is CC(C)N1CCCC(CN)(N(C)CC2CC2)CC1. The van der Waals surface area contributed by atoms with Crippen LogP contribution in [0.5, 0.6) is 0 Å². The molecule has 0 aromatic heterocycles. The largest absolute Gasteiger partial charge is 0.329 e. The summed E-state index contributed by atoms with van der Waals surface area (Å²) >= 11 is 0. The van der Waals surface area contributed by atoms with Crippen LogP contribution in [-0.4, -0.2) is 54.6 Å². The molecule has 2 N–H and O–H groups in total. The van der Waals surface area contributed by atoms with E-state index in [9.17, 15) is 0 Å². The highest BCUT2D eigenvalue weighted by molar-refractivity contribution is 4.95. The van der Waals surface area contributed by atoms with Gasteiger partial charge in [0.25, 0.3) is 0 Å². The van der Waals surface area contributed by atoms with Crippen molar-refractivity contribution in [3.8, 4) is 0 Å². The number of hydrogen-bond acceptors (Lipinski definition) is 3. The van der Waals surface area contributed by atoms with Crippen LogP contribution in [0, 0.1) is 5.92 Å². The van der Waals surface area contributed by atoms with Gasteiger partial charge in [0.15, 0.2) is 0 Å². The Balaban J connectivity index is 1.97. The van der Waals surface area contributed by atoms with Gasteiger partial charge in [-0.1, -0.05) is 0 Å². The van der Waals surface area contributed by atoms with E-state index in [0.717, 1.165) is 12.5 Å². The van der Waals surface area contributed by atoms with Gasteiger partial charge in [-0.05, 0) is 65.5 Å². The summed E-state index contributed by atoms with van der Waals surface area (Å²) in [5, 5.41) is 0. The average molecular weight is 253 g/mol. The van der Waals surface area contributed by atoms with Crippen LogP contribution >= 0.6 is 0 Å². The van der Waals surface area contributed by atoms with Crippen molar-refractivity contribution in [3.63, 3.8) is 0 Å². The van der Waals surface area contributed by atoms with Gasteiger partial charge >= 0.3 is 0 Å². The third-order valence-electron chi connectivity index (χ3n) is 5.10. The average Bonchev–Trinajstić information content (AvgIpc) is 3.14. The van der Waals surface area contributed by atoms with Gasteiger partial charge in [-0.25, -0.2) is 0 Å². The molecule has 1 saturated heterocycles. The minimum atomic E-state index is 0.270. The van der Waals surface area contributed by atoms with Gasteiger partial charge in [0.2, 0.25) is 0 Å². The van der Waals surface area contributed by atoms with E-state index in [-0.39, 0.29) is 5.54 Å². The van der Waals surface area contributed by atoms with Crippen molar-refractivity contribution in [1.82, 2.24) is 9.80 Å². The standard InChI is InChI=1S/C15H31N3/c1-13(2)18-9-4-7-15(12-16,8-10-18)17(3)11-14-5-6-14/h13-14H,4-12,16H2,1-3H3. The predicted molar refractivity (Wildman–Crippen MR) is 77.7 cm³/mol. The summed E-state index contributed by atoms with van der Waals surface area (Å²) in [5.74, 6) is 0.961. The van der Waals surface area contributed by atoms with E-state index in [4.69, 9.17) is 5.73 Å². The molecule has 1 atom stereocenters. The van der Waals surface area contributed by atoms with Gasteiger partial charge in [-0.15, -0.1) is 0 Å². The summed E-state index contributed by atoms with van der Waals surface area (Å²) in [4.78, 5) is 5.21. The minimum Gasteiger partial charge on any atom is -0.329 e. The van der Waals surface area contributed by atoms with Crippen LogP contribution < -0.4 is 5.73 Å². The molecule has 106 valence electrons.